The molecule has 0 aliphatic heterocycles. The van der Waals surface area contributed by atoms with Gasteiger partial charge in [-0.15, -0.1) is 22.9 Å². The molecule has 0 spiro atoms. The lowest BCUT2D eigenvalue weighted by molar-refractivity contribution is 0.605. The number of nitrogens with one attached hydrogen (secondary N) is 1. The summed E-state index contributed by atoms with van der Waals surface area (Å²) in [5.74, 6) is -0.336. The van der Waals surface area contributed by atoms with Crippen LogP contribution in [0, 0.1) is 5.82 Å². The lowest BCUT2D eigenvalue weighted by Crippen LogP contribution is -2.13. The number of anilines is 1. The van der Waals surface area contributed by atoms with Crippen LogP contribution in [0.1, 0.15) is 0 Å². The highest BCUT2D eigenvalue weighted by Crippen LogP contribution is 2.25. The van der Waals surface area contributed by atoms with Gasteiger partial charge in [-0.1, -0.05) is 0 Å². The van der Waals surface area contributed by atoms with Gasteiger partial charge < -0.3 is 0 Å². The Hall–Kier alpha value is -1.18. The van der Waals surface area contributed by atoms with E-state index in [4.69, 9.17) is 11.6 Å². The van der Waals surface area contributed by atoms with Gasteiger partial charge in [0.2, 0.25) is 10.0 Å². The van der Waals surface area contributed by atoms with Crippen molar-refractivity contribution in [2.24, 2.45) is 0 Å². The van der Waals surface area contributed by atoms with Crippen molar-refractivity contribution < 1.29 is 12.8 Å². The van der Waals surface area contributed by atoms with Crippen molar-refractivity contribution >= 4 is 38.1 Å². The van der Waals surface area contributed by atoms with Crippen molar-refractivity contribution in [2.45, 2.75) is 0 Å². The zero-order chi connectivity index (χ0) is 13.2. The highest BCUT2D eigenvalue weighted by molar-refractivity contribution is 7.94. The van der Waals surface area contributed by atoms with Crippen molar-refractivity contribution in [3.63, 3.8) is 0 Å². The van der Waals surface area contributed by atoms with Gasteiger partial charge >= 0.3 is 0 Å². The molecule has 0 amide bonds. The monoisotopic (exact) mass is 306 g/mol. The molecule has 1 aromatic carbocycles. The van der Waals surface area contributed by atoms with Crippen molar-refractivity contribution in [3.05, 3.63) is 35.5 Å². The number of hydrogen-bond donors (Lipinski definition) is 1. The maximum absolute atomic E-state index is 12.8. The third-order valence-electron chi connectivity index (χ3n) is 2.03. The Balaban J connectivity index is 2.23. The quantitative estimate of drug-likeness (QED) is 0.884. The molecule has 2 aromatic rings. The molecule has 0 atom stereocenters. The van der Waals surface area contributed by atoms with Gasteiger partial charge in [-0.05, 0) is 24.3 Å². The fourth-order valence-corrected chi connectivity index (χ4v) is 2.90. The number of halogens is 2. The fourth-order valence-electron chi connectivity index (χ4n) is 1.23. The molecule has 0 saturated heterocycles. The largest absolute Gasteiger partial charge is 0.258 e. The molecule has 8 heteroatoms. The Bertz CT molecular complexity index is 640. The summed E-state index contributed by atoms with van der Waals surface area (Å²) in [6, 6.07) is 5.78. The normalized spacial score (nSPS) is 11.4. The number of benzene rings is 1. The zero-order valence-corrected chi connectivity index (χ0v) is 11.3. The van der Waals surface area contributed by atoms with Crippen LogP contribution in [0.3, 0.4) is 0 Å². The summed E-state index contributed by atoms with van der Waals surface area (Å²) in [6.45, 7) is 0. The highest BCUT2D eigenvalue weighted by Gasteiger charge is 2.11. The van der Waals surface area contributed by atoms with E-state index >= 15 is 0 Å². The Morgan fingerprint density at radius 2 is 2.00 bits per heavy atom. The van der Waals surface area contributed by atoms with E-state index < -0.39 is 15.2 Å². The van der Waals surface area contributed by atoms with E-state index in [0.717, 1.165) is 11.3 Å². The van der Waals surface area contributed by atoms with Crippen molar-refractivity contribution in [2.75, 3.05) is 9.93 Å². The van der Waals surface area contributed by atoms with Crippen LogP contribution in [0.25, 0.3) is 11.3 Å². The summed E-state index contributed by atoms with van der Waals surface area (Å²) in [4.78, 5) is 4.09. The molecule has 96 valence electrons. The van der Waals surface area contributed by atoms with Gasteiger partial charge in [-0.2, -0.15) is 0 Å². The average molecular weight is 307 g/mol. The number of aromatic nitrogens is 1. The molecule has 1 N–H and O–H groups in total. The molecule has 0 aliphatic carbocycles. The molecule has 1 heterocycles. The second-order valence-electron chi connectivity index (χ2n) is 3.37. The Morgan fingerprint density at radius 3 is 2.61 bits per heavy atom. The van der Waals surface area contributed by atoms with E-state index in [1.54, 1.807) is 17.5 Å². The predicted molar refractivity (Wildman–Crippen MR) is 70.8 cm³/mol. The van der Waals surface area contributed by atoms with Gasteiger partial charge in [0.1, 0.15) is 11.0 Å². The molecule has 0 radical (unpaired) electrons. The third kappa shape index (κ3) is 3.18. The second-order valence-corrected chi connectivity index (χ2v) is 6.54. The summed E-state index contributed by atoms with van der Waals surface area (Å²) in [6.07, 6.45) is 0. The number of sulfonamides is 1. The Labute approximate surface area is 112 Å². The third-order valence-corrected chi connectivity index (χ3v) is 4.57. The van der Waals surface area contributed by atoms with Crippen LogP contribution in [0.4, 0.5) is 9.52 Å². The van der Waals surface area contributed by atoms with Crippen molar-refractivity contribution in [1.29, 1.82) is 0 Å². The average Bonchev–Trinajstić information content (AvgIpc) is 2.78. The summed E-state index contributed by atoms with van der Waals surface area (Å²) in [5, 5.41) is 1.38. The van der Waals surface area contributed by atoms with Crippen LogP contribution >= 0.6 is 22.9 Å². The maximum Gasteiger partial charge on any atom is 0.248 e. The van der Waals surface area contributed by atoms with Gasteiger partial charge in [0.25, 0.3) is 0 Å². The second kappa shape index (κ2) is 5.21. The molecule has 2 rings (SSSR count). The number of nitrogens with zero attached hydrogens (tertiary/aromatic N) is 1. The van der Waals surface area contributed by atoms with E-state index in [-0.39, 0.29) is 10.9 Å². The molecular formula is C10H8ClFN2O2S2. The van der Waals surface area contributed by atoms with Crippen LogP contribution in [-0.2, 0) is 10.0 Å². The van der Waals surface area contributed by atoms with Crippen LogP contribution < -0.4 is 4.72 Å². The fraction of sp³-hybridized carbons (Fsp3) is 0.100. The minimum Gasteiger partial charge on any atom is -0.258 e. The standard InChI is InChI=1S/C10H8ClFN2O2S2/c11-6-18(15,16)14-10-13-9(5-17-10)7-1-3-8(12)4-2-7/h1-5H,6H2,(H,13,14). The number of alkyl halides is 1. The number of rotatable bonds is 4. The number of hydrogen-bond acceptors (Lipinski definition) is 4. The summed E-state index contributed by atoms with van der Waals surface area (Å²) in [5.41, 5.74) is 1.29. The minimum absolute atomic E-state index is 0.231. The molecule has 0 bridgehead atoms. The number of thiazole rings is 1. The molecule has 1 aromatic heterocycles. The maximum atomic E-state index is 12.8. The molecule has 0 saturated carbocycles. The van der Waals surface area contributed by atoms with Gasteiger partial charge in [0.05, 0.1) is 5.69 Å². The smallest absolute Gasteiger partial charge is 0.248 e. The molecule has 0 aliphatic rings. The lowest BCUT2D eigenvalue weighted by atomic mass is 10.2. The lowest BCUT2D eigenvalue weighted by Gasteiger charge is -1.99. The molecular weight excluding hydrogens is 299 g/mol. The van der Waals surface area contributed by atoms with Gasteiger partial charge in [-0.25, -0.2) is 17.8 Å². The van der Waals surface area contributed by atoms with Crippen LogP contribution in [-0.4, -0.2) is 18.6 Å². The first-order valence-corrected chi connectivity index (χ1v) is 7.85. The van der Waals surface area contributed by atoms with Crippen LogP contribution in [0.2, 0.25) is 0 Å². The Kier molecular flexibility index (Phi) is 3.84. The summed E-state index contributed by atoms with van der Waals surface area (Å²) in [7, 11) is -3.54. The van der Waals surface area contributed by atoms with Crippen LogP contribution in [0.15, 0.2) is 29.6 Å². The van der Waals surface area contributed by atoms with E-state index in [0.29, 0.717) is 11.3 Å². The summed E-state index contributed by atoms with van der Waals surface area (Å²) >= 11 is 6.41. The van der Waals surface area contributed by atoms with E-state index in [1.807, 2.05) is 0 Å². The summed E-state index contributed by atoms with van der Waals surface area (Å²) < 4.78 is 37.5. The predicted octanol–water partition coefficient (Wildman–Crippen LogP) is 2.89. The topological polar surface area (TPSA) is 59.1 Å². The first-order chi connectivity index (χ1) is 8.50. The van der Waals surface area contributed by atoms with E-state index in [9.17, 15) is 12.8 Å². The van der Waals surface area contributed by atoms with E-state index in [2.05, 4.69) is 9.71 Å². The molecule has 4 nitrogen and oxygen atoms in total. The SMILES string of the molecule is O=S(=O)(CCl)Nc1nc(-c2ccc(F)cc2)cs1. The first kappa shape index (κ1) is 13.3. The van der Waals surface area contributed by atoms with E-state index in [1.165, 1.54) is 12.1 Å². The first-order valence-electron chi connectivity index (χ1n) is 4.78. The van der Waals surface area contributed by atoms with Gasteiger partial charge in [-0.3, -0.25) is 4.72 Å². The van der Waals surface area contributed by atoms with Gasteiger partial charge in [0.15, 0.2) is 5.13 Å². The zero-order valence-electron chi connectivity index (χ0n) is 8.93. The van der Waals surface area contributed by atoms with Crippen molar-refractivity contribution in [3.8, 4) is 11.3 Å². The Morgan fingerprint density at radius 1 is 1.33 bits per heavy atom. The van der Waals surface area contributed by atoms with Gasteiger partial charge in [0, 0.05) is 10.9 Å². The minimum atomic E-state index is -3.54. The highest BCUT2D eigenvalue weighted by atomic mass is 35.5. The molecule has 0 fully saturated rings. The molecule has 18 heavy (non-hydrogen) atoms. The van der Waals surface area contributed by atoms with Crippen LogP contribution in [0.5, 0.6) is 0 Å². The van der Waals surface area contributed by atoms with Crippen molar-refractivity contribution in [1.82, 2.24) is 4.98 Å². The molecule has 0 unspecified atom stereocenters.